The van der Waals surface area contributed by atoms with Gasteiger partial charge in [-0.2, -0.15) is 0 Å². The lowest BCUT2D eigenvalue weighted by Gasteiger charge is -2.09. The predicted octanol–water partition coefficient (Wildman–Crippen LogP) is 4.00. The number of rotatable bonds is 3. The molecule has 1 aromatic carbocycles. The van der Waals surface area contributed by atoms with E-state index < -0.39 is 6.10 Å². The van der Waals surface area contributed by atoms with Crippen molar-refractivity contribution in [1.29, 1.82) is 0 Å². The smallest absolute Gasteiger partial charge is 0.219 e. The highest BCUT2D eigenvalue weighted by Crippen LogP contribution is 2.26. The maximum atomic E-state index is 9.39. The van der Waals surface area contributed by atoms with Crippen LogP contribution < -0.4 is 4.74 Å². The molecule has 3 nitrogen and oxygen atoms in total. The highest BCUT2D eigenvalue weighted by Gasteiger charge is 2.05. The zero-order valence-electron chi connectivity index (χ0n) is 10.2. The SMILES string of the molecule is Cc1cc(Br)ccc1Oc1ccc([C@H](C)O)cn1. The van der Waals surface area contributed by atoms with Gasteiger partial charge in [0.1, 0.15) is 5.75 Å². The Hall–Kier alpha value is -1.39. The fourth-order valence-corrected chi connectivity index (χ4v) is 2.01. The minimum absolute atomic E-state index is 0.513. The number of halogens is 1. The fourth-order valence-electron chi connectivity index (χ4n) is 1.54. The lowest BCUT2D eigenvalue weighted by Crippen LogP contribution is -1.94. The summed E-state index contributed by atoms with van der Waals surface area (Å²) in [6.07, 6.45) is 1.11. The van der Waals surface area contributed by atoms with Crippen molar-refractivity contribution >= 4 is 15.9 Å². The minimum atomic E-state index is -0.513. The van der Waals surface area contributed by atoms with Crippen LogP contribution in [0.4, 0.5) is 0 Å². The Labute approximate surface area is 115 Å². The van der Waals surface area contributed by atoms with Gasteiger partial charge in [-0.1, -0.05) is 15.9 Å². The highest BCUT2D eigenvalue weighted by molar-refractivity contribution is 9.10. The van der Waals surface area contributed by atoms with Crippen molar-refractivity contribution in [3.63, 3.8) is 0 Å². The van der Waals surface area contributed by atoms with Gasteiger partial charge in [-0.25, -0.2) is 4.98 Å². The molecule has 0 aliphatic carbocycles. The number of aliphatic hydroxyl groups is 1. The number of aromatic nitrogens is 1. The third kappa shape index (κ3) is 3.09. The summed E-state index contributed by atoms with van der Waals surface area (Å²) < 4.78 is 6.70. The zero-order valence-corrected chi connectivity index (χ0v) is 11.8. The van der Waals surface area contributed by atoms with Crippen LogP contribution in [0.25, 0.3) is 0 Å². The molecule has 0 aliphatic rings. The van der Waals surface area contributed by atoms with Gasteiger partial charge in [-0.15, -0.1) is 0 Å². The van der Waals surface area contributed by atoms with Gasteiger partial charge < -0.3 is 9.84 Å². The van der Waals surface area contributed by atoms with Crippen LogP contribution in [-0.2, 0) is 0 Å². The maximum Gasteiger partial charge on any atom is 0.219 e. The number of pyridine rings is 1. The summed E-state index contributed by atoms with van der Waals surface area (Å²) in [4.78, 5) is 4.16. The number of hydrogen-bond donors (Lipinski definition) is 1. The molecule has 1 heterocycles. The largest absolute Gasteiger partial charge is 0.439 e. The standard InChI is InChI=1S/C14H14BrNO2/c1-9-7-12(15)4-5-13(9)18-14-6-3-11(8-16-14)10(2)17/h3-8,10,17H,1-2H3/t10-/m0/s1. The molecule has 0 bridgehead atoms. The molecule has 1 N–H and O–H groups in total. The monoisotopic (exact) mass is 307 g/mol. The number of aryl methyl sites for hydroxylation is 1. The van der Waals surface area contributed by atoms with Gasteiger partial charge in [0.15, 0.2) is 0 Å². The van der Waals surface area contributed by atoms with E-state index in [2.05, 4.69) is 20.9 Å². The van der Waals surface area contributed by atoms with E-state index in [-0.39, 0.29) is 0 Å². The Morgan fingerprint density at radius 3 is 2.61 bits per heavy atom. The third-order valence-corrected chi connectivity index (χ3v) is 3.09. The maximum absolute atomic E-state index is 9.39. The van der Waals surface area contributed by atoms with E-state index in [0.717, 1.165) is 21.3 Å². The minimum Gasteiger partial charge on any atom is -0.439 e. The number of benzene rings is 1. The van der Waals surface area contributed by atoms with Crippen LogP contribution in [0.2, 0.25) is 0 Å². The van der Waals surface area contributed by atoms with Crippen molar-refractivity contribution in [1.82, 2.24) is 4.98 Å². The molecule has 2 aromatic rings. The van der Waals surface area contributed by atoms with Crippen molar-refractivity contribution in [2.75, 3.05) is 0 Å². The van der Waals surface area contributed by atoms with E-state index in [1.807, 2.05) is 25.1 Å². The Morgan fingerprint density at radius 1 is 1.28 bits per heavy atom. The summed E-state index contributed by atoms with van der Waals surface area (Å²) in [6, 6.07) is 9.36. The lowest BCUT2D eigenvalue weighted by atomic mass is 10.2. The molecule has 0 amide bonds. The first kappa shape index (κ1) is 13.1. The van der Waals surface area contributed by atoms with Gasteiger partial charge in [0, 0.05) is 16.7 Å². The lowest BCUT2D eigenvalue weighted by molar-refractivity contribution is 0.198. The number of hydrogen-bond acceptors (Lipinski definition) is 3. The first-order valence-electron chi connectivity index (χ1n) is 5.64. The molecule has 0 radical (unpaired) electrons. The molecule has 0 aliphatic heterocycles. The molecule has 18 heavy (non-hydrogen) atoms. The molecule has 1 aromatic heterocycles. The van der Waals surface area contributed by atoms with Crippen molar-refractivity contribution < 1.29 is 9.84 Å². The molecule has 0 spiro atoms. The summed E-state index contributed by atoms with van der Waals surface area (Å²) in [7, 11) is 0. The first-order chi connectivity index (χ1) is 8.56. The van der Waals surface area contributed by atoms with Crippen molar-refractivity contribution in [3.8, 4) is 11.6 Å². The van der Waals surface area contributed by atoms with Gasteiger partial charge in [0.05, 0.1) is 6.10 Å². The third-order valence-electron chi connectivity index (χ3n) is 2.59. The molecule has 94 valence electrons. The second-order valence-corrected chi connectivity index (χ2v) is 5.03. The van der Waals surface area contributed by atoms with Gasteiger partial charge >= 0.3 is 0 Å². The average Bonchev–Trinajstić information content (AvgIpc) is 2.33. The molecular weight excluding hydrogens is 294 g/mol. The van der Waals surface area contributed by atoms with Crippen molar-refractivity contribution in [3.05, 3.63) is 52.1 Å². The molecule has 0 fully saturated rings. The molecule has 0 unspecified atom stereocenters. The predicted molar refractivity (Wildman–Crippen MR) is 73.8 cm³/mol. The van der Waals surface area contributed by atoms with Gasteiger partial charge in [-0.3, -0.25) is 0 Å². The van der Waals surface area contributed by atoms with Crippen LogP contribution in [-0.4, -0.2) is 10.1 Å². The Kier molecular flexibility index (Phi) is 3.99. The average molecular weight is 308 g/mol. The summed E-state index contributed by atoms with van der Waals surface area (Å²) in [5.74, 6) is 1.29. The quantitative estimate of drug-likeness (QED) is 0.932. The van der Waals surface area contributed by atoms with Crippen molar-refractivity contribution in [2.24, 2.45) is 0 Å². The normalized spacial score (nSPS) is 12.2. The van der Waals surface area contributed by atoms with Gasteiger partial charge in [0.25, 0.3) is 0 Å². The second-order valence-electron chi connectivity index (χ2n) is 4.12. The van der Waals surface area contributed by atoms with Crippen LogP contribution in [0, 0.1) is 6.92 Å². The molecule has 1 atom stereocenters. The van der Waals surface area contributed by atoms with Crippen LogP contribution in [0.5, 0.6) is 11.6 Å². The van der Waals surface area contributed by atoms with Gasteiger partial charge in [0.2, 0.25) is 5.88 Å². The summed E-state index contributed by atoms with van der Waals surface area (Å²) in [6.45, 7) is 3.68. The van der Waals surface area contributed by atoms with Crippen molar-refractivity contribution in [2.45, 2.75) is 20.0 Å². The molecular formula is C14H14BrNO2. The van der Waals surface area contributed by atoms with E-state index in [1.165, 1.54) is 0 Å². The van der Waals surface area contributed by atoms with Crippen LogP contribution >= 0.6 is 15.9 Å². The van der Waals surface area contributed by atoms with E-state index in [9.17, 15) is 5.11 Å². The van der Waals surface area contributed by atoms with Crippen LogP contribution in [0.15, 0.2) is 41.0 Å². The zero-order chi connectivity index (χ0) is 13.1. The van der Waals surface area contributed by atoms with Gasteiger partial charge in [-0.05, 0) is 49.2 Å². The van der Waals surface area contributed by atoms with Crippen LogP contribution in [0.1, 0.15) is 24.2 Å². The van der Waals surface area contributed by atoms with E-state index in [4.69, 9.17) is 4.74 Å². The summed E-state index contributed by atoms with van der Waals surface area (Å²) >= 11 is 3.41. The molecule has 4 heteroatoms. The molecule has 0 saturated carbocycles. The van der Waals surface area contributed by atoms with E-state index in [0.29, 0.717) is 5.88 Å². The Morgan fingerprint density at radius 2 is 2.06 bits per heavy atom. The topological polar surface area (TPSA) is 42.4 Å². The number of aliphatic hydroxyl groups excluding tert-OH is 1. The number of nitrogens with zero attached hydrogens (tertiary/aromatic N) is 1. The second kappa shape index (κ2) is 5.50. The number of ether oxygens (including phenoxy) is 1. The van der Waals surface area contributed by atoms with E-state index in [1.54, 1.807) is 25.3 Å². The molecule has 2 rings (SSSR count). The summed E-state index contributed by atoms with van der Waals surface area (Å²) in [5.41, 5.74) is 1.81. The van der Waals surface area contributed by atoms with Crippen LogP contribution in [0.3, 0.4) is 0 Å². The highest BCUT2D eigenvalue weighted by atomic mass is 79.9. The Balaban J connectivity index is 2.18. The Bertz CT molecular complexity index is 538. The summed E-state index contributed by atoms with van der Waals surface area (Å²) in [5, 5.41) is 9.39. The fraction of sp³-hybridized carbons (Fsp3) is 0.214. The molecule has 0 saturated heterocycles. The van der Waals surface area contributed by atoms with E-state index >= 15 is 0 Å². The first-order valence-corrected chi connectivity index (χ1v) is 6.43.